The van der Waals surface area contributed by atoms with Gasteiger partial charge in [0.1, 0.15) is 17.0 Å². The summed E-state index contributed by atoms with van der Waals surface area (Å²) in [5, 5.41) is 13.4. The van der Waals surface area contributed by atoms with Crippen LogP contribution in [0.3, 0.4) is 0 Å². The summed E-state index contributed by atoms with van der Waals surface area (Å²) in [5.41, 5.74) is 6.13. The molecule has 1 saturated carbocycles. The maximum Gasteiger partial charge on any atom is 0.341 e. The highest BCUT2D eigenvalue weighted by Gasteiger charge is 2.30. The summed E-state index contributed by atoms with van der Waals surface area (Å²) in [6, 6.07) is 5.05. The number of hydrogen-bond donors (Lipinski definition) is 3. The van der Waals surface area contributed by atoms with E-state index in [1.165, 1.54) is 12.3 Å². The van der Waals surface area contributed by atoms with E-state index in [2.05, 4.69) is 10.3 Å². The fourth-order valence-corrected chi connectivity index (χ4v) is 4.06. The average Bonchev–Trinajstić information content (AvgIpc) is 3.51. The van der Waals surface area contributed by atoms with E-state index in [1.54, 1.807) is 16.7 Å². The number of aromatic carboxylic acids is 1. The molecule has 2 aromatic heterocycles. The van der Waals surface area contributed by atoms with Gasteiger partial charge in [-0.15, -0.1) is 0 Å². The molecule has 1 saturated heterocycles. The molecule has 0 amide bonds. The number of benzene rings is 1. The zero-order valence-corrected chi connectivity index (χ0v) is 16.3. The molecule has 1 aromatic carbocycles. The number of carbonyl (C=O) groups is 1. The van der Waals surface area contributed by atoms with Gasteiger partial charge in [0.15, 0.2) is 0 Å². The summed E-state index contributed by atoms with van der Waals surface area (Å²) >= 11 is 0. The second-order valence-corrected chi connectivity index (χ2v) is 8.02. The van der Waals surface area contributed by atoms with E-state index in [-0.39, 0.29) is 23.0 Å². The molecule has 3 aromatic rings. The third-order valence-corrected chi connectivity index (χ3v) is 5.84. The van der Waals surface area contributed by atoms with E-state index in [0.29, 0.717) is 41.9 Å². The highest BCUT2D eigenvalue weighted by atomic mass is 19.1. The topological polar surface area (TPSA) is 113 Å². The van der Waals surface area contributed by atoms with Crippen molar-refractivity contribution in [2.45, 2.75) is 24.9 Å². The average molecular weight is 411 g/mol. The number of nitrogens with two attached hydrogens (primary N) is 1. The number of fused-ring (bicyclic) bond motifs is 2. The maximum atomic E-state index is 14.8. The normalized spacial score (nSPS) is 16.9. The van der Waals surface area contributed by atoms with Crippen LogP contribution in [0.5, 0.6) is 0 Å². The number of nitrogens with zero attached hydrogens (tertiary/aromatic N) is 3. The highest BCUT2D eigenvalue weighted by molar-refractivity contribution is 5.97. The number of anilines is 1. The lowest BCUT2D eigenvalue weighted by molar-refractivity contribution is 0.0695. The van der Waals surface area contributed by atoms with Crippen molar-refractivity contribution in [3.8, 4) is 0 Å². The van der Waals surface area contributed by atoms with Crippen LogP contribution in [0.1, 0.15) is 29.2 Å². The maximum absolute atomic E-state index is 14.8. The molecule has 1 aliphatic heterocycles. The molecule has 3 heterocycles. The Balaban J connectivity index is 1.60. The van der Waals surface area contributed by atoms with Crippen molar-refractivity contribution in [2.24, 2.45) is 5.73 Å². The lowest BCUT2D eigenvalue weighted by Gasteiger charge is -2.41. The van der Waals surface area contributed by atoms with Crippen molar-refractivity contribution in [2.75, 3.05) is 31.1 Å². The minimum absolute atomic E-state index is 0.140. The van der Waals surface area contributed by atoms with Crippen LogP contribution >= 0.6 is 0 Å². The molecule has 1 aliphatic carbocycles. The Morgan fingerprint density at radius 1 is 1.30 bits per heavy atom. The van der Waals surface area contributed by atoms with Gasteiger partial charge in [-0.05, 0) is 31.0 Å². The van der Waals surface area contributed by atoms with Crippen molar-refractivity contribution >= 4 is 33.6 Å². The minimum atomic E-state index is -1.27. The number of pyridine rings is 2. The number of nitrogens with one attached hydrogen (secondary N) is 1. The van der Waals surface area contributed by atoms with Gasteiger partial charge < -0.3 is 25.6 Å². The quantitative estimate of drug-likeness (QED) is 0.526. The van der Waals surface area contributed by atoms with Crippen LogP contribution in [0.4, 0.5) is 10.1 Å². The molecular weight excluding hydrogens is 389 g/mol. The molecule has 0 atom stereocenters. The fourth-order valence-electron chi connectivity index (χ4n) is 4.06. The lowest BCUT2D eigenvalue weighted by Crippen LogP contribution is -2.59. The zero-order valence-electron chi connectivity index (χ0n) is 16.3. The number of hydrogen-bond acceptors (Lipinski definition) is 6. The van der Waals surface area contributed by atoms with E-state index < -0.39 is 17.2 Å². The summed E-state index contributed by atoms with van der Waals surface area (Å²) in [4.78, 5) is 30.8. The molecule has 156 valence electrons. The van der Waals surface area contributed by atoms with Crippen molar-refractivity contribution in [1.29, 1.82) is 0 Å². The Hall–Kier alpha value is -3.04. The summed E-state index contributed by atoms with van der Waals surface area (Å²) in [6.07, 6.45) is 3.21. The predicted octanol–water partition coefficient (Wildman–Crippen LogP) is 1.46. The van der Waals surface area contributed by atoms with Crippen LogP contribution in [-0.4, -0.2) is 52.8 Å². The second-order valence-electron chi connectivity index (χ2n) is 8.02. The van der Waals surface area contributed by atoms with Gasteiger partial charge in [-0.1, -0.05) is 0 Å². The Morgan fingerprint density at radius 2 is 2.07 bits per heavy atom. The van der Waals surface area contributed by atoms with E-state index in [9.17, 15) is 19.1 Å². The highest BCUT2D eigenvalue weighted by Crippen LogP contribution is 2.37. The standard InChI is InChI=1S/C21H22FN5O3/c22-16-6-11-5-14-19(28)15(21(29)30)10-27(13-1-2-13)20(14)25-17(11)7-18(16)26-8-12(9-26)24-4-3-23/h5-7,10,12-13,24H,1-4,8-9,23H2,(H,29,30). The SMILES string of the molecule is NCCNC1CN(c2cc3nc4c(cc3cc2F)c(=O)c(C(=O)O)cn4C2CC2)C1. The van der Waals surface area contributed by atoms with Crippen LogP contribution < -0.4 is 21.4 Å². The summed E-state index contributed by atoms with van der Waals surface area (Å²) in [6.45, 7) is 2.66. The molecule has 30 heavy (non-hydrogen) atoms. The summed E-state index contributed by atoms with van der Waals surface area (Å²) < 4.78 is 16.6. The Morgan fingerprint density at radius 3 is 2.73 bits per heavy atom. The van der Waals surface area contributed by atoms with Crippen LogP contribution in [0, 0.1) is 5.82 Å². The van der Waals surface area contributed by atoms with Gasteiger partial charge in [-0.3, -0.25) is 4.79 Å². The summed E-state index contributed by atoms with van der Waals surface area (Å²) in [7, 11) is 0. The molecule has 8 nitrogen and oxygen atoms in total. The smallest absolute Gasteiger partial charge is 0.341 e. The molecule has 5 rings (SSSR count). The van der Waals surface area contributed by atoms with Crippen LogP contribution in [0.15, 0.2) is 29.2 Å². The first-order chi connectivity index (χ1) is 14.5. The Kier molecular flexibility index (Phi) is 4.44. The van der Waals surface area contributed by atoms with Crippen LogP contribution in [-0.2, 0) is 0 Å². The molecule has 0 radical (unpaired) electrons. The molecular formula is C21H22FN5O3. The predicted molar refractivity (Wildman–Crippen MR) is 112 cm³/mol. The second kappa shape index (κ2) is 7.03. The van der Waals surface area contributed by atoms with Crippen LogP contribution in [0.2, 0.25) is 0 Å². The van der Waals surface area contributed by atoms with Gasteiger partial charge in [-0.25, -0.2) is 14.2 Å². The van der Waals surface area contributed by atoms with Gasteiger partial charge in [0, 0.05) is 49.8 Å². The number of carboxylic acid groups (broad SMARTS) is 1. The fraction of sp³-hybridized carbons (Fsp3) is 0.381. The van der Waals surface area contributed by atoms with E-state index in [0.717, 1.165) is 19.4 Å². The van der Waals surface area contributed by atoms with Crippen molar-refractivity contribution < 1.29 is 14.3 Å². The van der Waals surface area contributed by atoms with Gasteiger partial charge in [0.2, 0.25) is 5.43 Å². The van der Waals surface area contributed by atoms with Gasteiger partial charge in [0.05, 0.1) is 16.6 Å². The third kappa shape index (κ3) is 3.10. The number of halogens is 1. The molecule has 2 fully saturated rings. The van der Waals surface area contributed by atoms with Crippen molar-refractivity contribution in [3.63, 3.8) is 0 Å². The van der Waals surface area contributed by atoms with E-state index in [4.69, 9.17) is 5.73 Å². The Bertz CT molecular complexity index is 1230. The van der Waals surface area contributed by atoms with E-state index >= 15 is 0 Å². The van der Waals surface area contributed by atoms with Gasteiger partial charge in [-0.2, -0.15) is 0 Å². The molecule has 4 N–H and O–H groups in total. The molecule has 9 heteroatoms. The first-order valence-corrected chi connectivity index (χ1v) is 10.1. The Labute approximate surface area is 171 Å². The van der Waals surface area contributed by atoms with Gasteiger partial charge >= 0.3 is 5.97 Å². The monoisotopic (exact) mass is 411 g/mol. The van der Waals surface area contributed by atoms with Gasteiger partial charge in [0.25, 0.3) is 0 Å². The first-order valence-electron chi connectivity index (χ1n) is 10.1. The zero-order chi connectivity index (χ0) is 21.0. The van der Waals surface area contributed by atoms with E-state index in [1.807, 2.05) is 4.90 Å². The lowest BCUT2D eigenvalue weighted by atomic mass is 10.1. The summed E-state index contributed by atoms with van der Waals surface area (Å²) in [5.74, 6) is -1.66. The van der Waals surface area contributed by atoms with Crippen molar-refractivity contribution in [3.05, 3.63) is 46.0 Å². The van der Waals surface area contributed by atoms with Crippen molar-refractivity contribution in [1.82, 2.24) is 14.9 Å². The number of aromatic nitrogens is 2. The minimum Gasteiger partial charge on any atom is -0.477 e. The largest absolute Gasteiger partial charge is 0.477 e. The first kappa shape index (κ1) is 19.0. The molecule has 0 unspecified atom stereocenters. The molecule has 0 spiro atoms. The molecule has 0 bridgehead atoms. The molecule has 2 aliphatic rings. The number of carboxylic acids is 1. The third-order valence-electron chi connectivity index (χ3n) is 5.84. The number of rotatable bonds is 6. The van der Waals surface area contributed by atoms with Crippen LogP contribution in [0.25, 0.3) is 21.9 Å².